The molecule has 1 aromatic rings. The molecule has 0 aliphatic rings. The van der Waals surface area contributed by atoms with E-state index in [2.05, 4.69) is 29.8 Å². The number of rotatable bonds is 6. The Balaban J connectivity index is 2.30. The topological polar surface area (TPSA) is 59.8 Å². The van der Waals surface area contributed by atoms with E-state index in [0.717, 1.165) is 36.6 Å². The highest BCUT2D eigenvalue weighted by Gasteiger charge is 2.02. The number of aromatic nitrogens is 3. The van der Waals surface area contributed by atoms with Gasteiger partial charge in [-0.05, 0) is 6.26 Å². The third kappa shape index (κ3) is 4.70. The van der Waals surface area contributed by atoms with Gasteiger partial charge in [0.2, 0.25) is 0 Å². The van der Waals surface area contributed by atoms with Gasteiger partial charge in [0, 0.05) is 6.54 Å². The zero-order valence-corrected chi connectivity index (χ0v) is 10.5. The third-order valence-corrected chi connectivity index (χ3v) is 2.55. The molecule has 5 nitrogen and oxygen atoms in total. The Labute approximate surface area is 101 Å². The zero-order chi connectivity index (χ0) is 11.8. The molecule has 16 heavy (non-hydrogen) atoms. The largest absolute Gasteiger partial charge is 0.341 e. The van der Waals surface area contributed by atoms with Crippen LogP contribution in [-0.2, 0) is 13.1 Å². The van der Waals surface area contributed by atoms with Crippen molar-refractivity contribution in [1.82, 2.24) is 20.3 Å². The van der Waals surface area contributed by atoms with Gasteiger partial charge in [0.15, 0.2) is 0 Å². The molecule has 87 valence electrons. The lowest BCUT2D eigenvalue weighted by Gasteiger charge is -1.98. The Morgan fingerprint density at radius 2 is 2.50 bits per heavy atom. The van der Waals surface area contributed by atoms with Gasteiger partial charge in [-0.1, -0.05) is 36.5 Å². The lowest BCUT2D eigenvalue weighted by atomic mass is 9.72. The number of thioether (sulfide) groups is 1. The number of hydrogen-bond donors (Lipinski definition) is 1. The van der Waals surface area contributed by atoms with Gasteiger partial charge in [-0.15, -0.1) is 5.10 Å². The summed E-state index contributed by atoms with van der Waals surface area (Å²) >= 11 is 1.16. The van der Waals surface area contributed by atoms with Crippen LogP contribution in [0.2, 0.25) is 12.6 Å². The van der Waals surface area contributed by atoms with Crippen molar-refractivity contribution in [3.63, 3.8) is 0 Å². The number of carbonyl (C=O) groups is 1. The maximum Gasteiger partial charge on any atom is 0.279 e. The number of carbonyl (C=O) groups excluding carboxylic acids is 1. The summed E-state index contributed by atoms with van der Waals surface area (Å²) in [4.78, 5) is 11.0. The lowest BCUT2D eigenvalue weighted by molar-refractivity contribution is 0.260. The van der Waals surface area contributed by atoms with Crippen LogP contribution in [0.25, 0.3) is 0 Å². The molecule has 0 spiro atoms. The summed E-state index contributed by atoms with van der Waals surface area (Å²) in [6.45, 7) is 3.40. The van der Waals surface area contributed by atoms with E-state index in [1.165, 1.54) is 0 Å². The molecule has 0 aliphatic carbocycles. The van der Waals surface area contributed by atoms with Crippen LogP contribution < -0.4 is 5.32 Å². The van der Waals surface area contributed by atoms with Crippen molar-refractivity contribution in [2.24, 2.45) is 0 Å². The number of nitrogens with zero attached hydrogens (tertiary/aromatic N) is 3. The molecule has 1 N–H and O–H groups in total. The summed E-state index contributed by atoms with van der Waals surface area (Å²) in [7, 11) is 2.21. The molecule has 7 heteroatoms. The molecule has 0 unspecified atom stereocenters. The van der Waals surface area contributed by atoms with Crippen molar-refractivity contribution < 1.29 is 4.79 Å². The molecule has 0 saturated heterocycles. The van der Waals surface area contributed by atoms with Gasteiger partial charge in [-0.25, -0.2) is 0 Å². The number of aryl methyl sites for hydroxylation is 1. The normalized spacial score (nSPS) is 10.1. The van der Waals surface area contributed by atoms with E-state index in [-0.39, 0.29) is 5.24 Å². The highest BCUT2D eigenvalue weighted by Crippen LogP contribution is 1.98. The minimum atomic E-state index is -0.0473. The Bertz CT molecular complexity index is 331. The van der Waals surface area contributed by atoms with E-state index in [0.29, 0.717) is 6.54 Å². The second-order valence-electron chi connectivity index (χ2n) is 3.30. The number of nitrogens with one attached hydrogen (secondary N) is 1. The maximum absolute atomic E-state index is 11.0. The SMILES string of the molecule is CC[B]CCn1cc(CNC(=O)SC)nn1. The van der Waals surface area contributed by atoms with Crippen molar-refractivity contribution >= 4 is 24.3 Å². The van der Waals surface area contributed by atoms with Crippen LogP contribution in [0.4, 0.5) is 4.79 Å². The first kappa shape index (κ1) is 13.1. The fourth-order valence-corrected chi connectivity index (χ4v) is 1.41. The van der Waals surface area contributed by atoms with Crippen LogP contribution >= 0.6 is 11.8 Å². The monoisotopic (exact) mass is 239 g/mol. The standard InChI is InChI=1S/C9H16BN4OS/c1-3-10-4-5-14-7-8(12-13-14)6-11-9(15)16-2/h7H,3-6H2,1-2H3,(H,11,15). The Morgan fingerprint density at radius 1 is 1.69 bits per heavy atom. The van der Waals surface area contributed by atoms with E-state index in [9.17, 15) is 4.79 Å². The Morgan fingerprint density at radius 3 is 3.19 bits per heavy atom. The van der Waals surface area contributed by atoms with Crippen LogP contribution in [-0.4, -0.2) is 33.8 Å². The minimum Gasteiger partial charge on any atom is -0.341 e. The van der Waals surface area contributed by atoms with Crippen molar-refractivity contribution in [1.29, 1.82) is 0 Å². The second-order valence-corrected chi connectivity index (χ2v) is 4.08. The summed E-state index contributed by atoms with van der Waals surface area (Å²) in [5.41, 5.74) is 0.791. The minimum absolute atomic E-state index is 0.0473. The van der Waals surface area contributed by atoms with E-state index in [4.69, 9.17) is 0 Å². The summed E-state index contributed by atoms with van der Waals surface area (Å²) < 4.78 is 1.80. The Kier molecular flexibility index (Phi) is 5.99. The molecule has 1 rings (SSSR count). The van der Waals surface area contributed by atoms with Crippen LogP contribution in [0.3, 0.4) is 0 Å². The first-order chi connectivity index (χ1) is 7.76. The van der Waals surface area contributed by atoms with Crippen molar-refractivity contribution in [2.75, 3.05) is 6.26 Å². The Hall–Kier alpha value is -0.975. The van der Waals surface area contributed by atoms with Gasteiger partial charge in [-0.3, -0.25) is 9.48 Å². The molecule has 1 aromatic heterocycles. The molecule has 0 atom stereocenters. The van der Waals surface area contributed by atoms with E-state index < -0.39 is 0 Å². The molecular formula is C9H16BN4OS. The van der Waals surface area contributed by atoms with Crippen molar-refractivity contribution in [2.45, 2.75) is 32.7 Å². The summed E-state index contributed by atoms with van der Waals surface area (Å²) in [5, 5.41) is 10.6. The molecule has 0 aliphatic heterocycles. The molecule has 0 aromatic carbocycles. The number of hydrogen-bond acceptors (Lipinski definition) is 4. The molecule has 1 heterocycles. The highest BCUT2D eigenvalue weighted by molar-refractivity contribution is 8.12. The molecule has 1 amide bonds. The highest BCUT2D eigenvalue weighted by atomic mass is 32.2. The quantitative estimate of drug-likeness (QED) is 0.602. The molecule has 0 bridgehead atoms. The van der Waals surface area contributed by atoms with Crippen LogP contribution in [0.1, 0.15) is 12.6 Å². The average molecular weight is 239 g/mol. The molecule has 0 fully saturated rings. The summed E-state index contributed by atoms with van der Waals surface area (Å²) in [5.74, 6) is 0. The molecule has 0 saturated carbocycles. The van der Waals surface area contributed by atoms with Gasteiger partial charge in [0.25, 0.3) is 5.24 Å². The van der Waals surface area contributed by atoms with Crippen LogP contribution in [0.15, 0.2) is 6.20 Å². The van der Waals surface area contributed by atoms with Gasteiger partial charge in [-0.2, -0.15) is 0 Å². The fourth-order valence-electron chi connectivity index (χ4n) is 1.19. The van der Waals surface area contributed by atoms with Gasteiger partial charge in [0.1, 0.15) is 13.0 Å². The average Bonchev–Trinajstić information content (AvgIpc) is 2.74. The lowest BCUT2D eigenvalue weighted by Crippen LogP contribution is -2.17. The van der Waals surface area contributed by atoms with Crippen LogP contribution in [0, 0.1) is 0 Å². The number of amides is 1. The molecular weight excluding hydrogens is 223 g/mol. The van der Waals surface area contributed by atoms with Gasteiger partial charge >= 0.3 is 0 Å². The fraction of sp³-hybridized carbons (Fsp3) is 0.667. The van der Waals surface area contributed by atoms with E-state index >= 15 is 0 Å². The first-order valence-electron chi connectivity index (χ1n) is 5.28. The summed E-state index contributed by atoms with van der Waals surface area (Å²) in [6, 6.07) is 0. The van der Waals surface area contributed by atoms with Gasteiger partial charge in [0.05, 0.1) is 12.7 Å². The zero-order valence-electron chi connectivity index (χ0n) is 9.64. The summed E-state index contributed by atoms with van der Waals surface area (Å²) in [6.07, 6.45) is 5.68. The van der Waals surface area contributed by atoms with E-state index in [1.54, 1.807) is 10.9 Å². The van der Waals surface area contributed by atoms with Crippen molar-refractivity contribution in [3.05, 3.63) is 11.9 Å². The van der Waals surface area contributed by atoms with Gasteiger partial charge < -0.3 is 5.32 Å². The smallest absolute Gasteiger partial charge is 0.279 e. The van der Waals surface area contributed by atoms with E-state index in [1.807, 2.05) is 6.20 Å². The molecule has 1 radical (unpaired) electrons. The predicted molar refractivity (Wildman–Crippen MR) is 66.8 cm³/mol. The predicted octanol–water partition coefficient (Wildman–Crippen LogP) is 1.41. The second kappa shape index (κ2) is 7.32. The van der Waals surface area contributed by atoms with Crippen molar-refractivity contribution in [3.8, 4) is 0 Å². The third-order valence-electron chi connectivity index (χ3n) is 2.04. The van der Waals surface area contributed by atoms with Crippen LogP contribution in [0.5, 0.6) is 0 Å². The first-order valence-corrected chi connectivity index (χ1v) is 6.51. The maximum atomic E-state index is 11.0.